The SMILES string of the molecule is Cc1ccnc(NCC2CCCC2C)c1. The van der Waals surface area contributed by atoms with Gasteiger partial charge in [0.1, 0.15) is 5.82 Å². The molecule has 0 spiro atoms. The van der Waals surface area contributed by atoms with Gasteiger partial charge in [-0.2, -0.15) is 0 Å². The van der Waals surface area contributed by atoms with Gasteiger partial charge in [0.2, 0.25) is 0 Å². The summed E-state index contributed by atoms with van der Waals surface area (Å²) in [6.45, 7) is 5.55. The van der Waals surface area contributed by atoms with Crippen molar-refractivity contribution in [2.75, 3.05) is 11.9 Å². The first-order chi connectivity index (χ1) is 7.25. The van der Waals surface area contributed by atoms with Crippen LogP contribution in [0.25, 0.3) is 0 Å². The Morgan fingerprint density at radius 1 is 1.47 bits per heavy atom. The van der Waals surface area contributed by atoms with Crippen molar-refractivity contribution in [2.45, 2.75) is 33.1 Å². The number of aromatic nitrogens is 1. The van der Waals surface area contributed by atoms with Crippen molar-refractivity contribution in [2.24, 2.45) is 11.8 Å². The van der Waals surface area contributed by atoms with E-state index in [4.69, 9.17) is 0 Å². The third-order valence-corrected chi connectivity index (χ3v) is 3.50. The van der Waals surface area contributed by atoms with Gasteiger partial charge in [0, 0.05) is 12.7 Å². The molecule has 2 heteroatoms. The molecule has 2 atom stereocenters. The molecule has 0 aromatic carbocycles. The molecule has 15 heavy (non-hydrogen) atoms. The second-order valence-corrected chi connectivity index (χ2v) is 4.77. The van der Waals surface area contributed by atoms with Crippen LogP contribution in [-0.2, 0) is 0 Å². The van der Waals surface area contributed by atoms with Crippen LogP contribution in [0.5, 0.6) is 0 Å². The van der Waals surface area contributed by atoms with Crippen molar-refractivity contribution in [1.29, 1.82) is 0 Å². The first kappa shape index (κ1) is 10.5. The molecule has 0 amide bonds. The van der Waals surface area contributed by atoms with Gasteiger partial charge in [-0.05, 0) is 42.9 Å². The van der Waals surface area contributed by atoms with E-state index in [-0.39, 0.29) is 0 Å². The van der Waals surface area contributed by atoms with E-state index in [2.05, 4.69) is 30.2 Å². The summed E-state index contributed by atoms with van der Waals surface area (Å²) in [7, 11) is 0. The van der Waals surface area contributed by atoms with Crippen molar-refractivity contribution in [1.82, 2.24) is 4.98 Å². The second-order valence-electron chi connectivity index (χ2n) is 4.77. The number of aryl methyl sites for hydroxylation is 1. The third-order valence-electron chi connectivity index (χ3n) is 3.50. The molecular weight excluding hydrogens is 184 g/mol. The fourth-order valence-electron chi connectivity index (χ4n) is 2.39. The quantitative estimate of drug-likeness (QED) is 0.817. The monoisotopic (exact) mass is 204 g/mol. The van der Waals surface area contributed by atoms with Crippen LogP contribution >= 0.6 is 0 Å². The Kier molecular flexibility index (Phi) is 3.24. The van der Waals surface area contributed by atoms with Gasteiger partial charge < -0.3 is 5.32 Å². The Morgan fingerprint density at radius 2 is 2.33 bits per heavy atom. The van der Waals surface area contributed by atoms with E-state index in [1.165, 1.54) is 24.8 Å². The zero-order chi connectivity index (χ0) is 10.7. The molecule has 2 unspecified atom stereocenters. The maximum atomic E-state index is 4.31. The average molecular weight is 204 g/mol. The van der Waals surface area contributed by atoms with E-state index < -0.39 is 0 Å². The number of hydrogen-bond donors (Lipinski definition) is 1. The molecule has 82 valence electrons. The normalized spacial score (nSPS) is 25.5. The van der Waals surface area contributed by atoms with E-state index in [0.29, 0.717) is 0 Å². The largest absolute Gasteiger partial charge is 0.370 e. The van der Waals surface area contributed by atoms with Gasteiger partial charge in [0.05, 0.1) is 0 Å². The van der Waals surface area contributed by atoms with Crippen molar-refractivity contribution in [3.63, 3.8) is 0 Å². The Bertz CT molecular complexity index is 322. The average Bonchev–Trinajstić information content (AvgIpc) is 2.61. The summed E-state index contributed by atoms with van der Waals surface area (Å²) in [5, 5.41) is 3.45. The predicted octanol–water partition coefficient (Wildman–Crippen LogP) is 3.24. The molecule has 1 saturated carbocycles. The van der Waals surface area contributed by atoms with Crippen molar-refractivity contribution in [3.05, 3.63) is 23.9 Å². The summed E-state index contributed by atoms with van der Waals surface area (Å²) in [5.41, 5.74) is 1.27. The number of nitrogens with zero attached hydrogens (tertiary/aromatic N) is 1. The van der Waals surface area contributed by atoms with Gasteiger partial charge in [0.15, 0.2) is 0 Å². The van der Waals surface area contributed by atoms with Gasteiger partial charge in [-0.15, -0.1) is 0 Å². The third kappa shape index (κ3) is 2.71. The number of pyridine rings is 1. The van der Waals surface area contributed by atoms with Gasteiger partial charge in [0.25, 0.3) is 0 Å². The Hall–Kier alpha value is -1.05. The lowest BCUT2D eigenvalue weighted by molar-refractivity contribution is 0.439. The molecule has 1 aliphatic rings. The molecule has 2 rings (SSSR count). The van der Waals surface area contributed by atoms with Crippen molar-refractivity contribution < 1.29 is 0 Å². The smallest absolute Gasteiger partial charge is 0.126 e. The zero-order valence-electron chi connectivity index (χ0n) is 9.66. The Balaban J connectivity index is 1.87. The molecule has 2 nitrogen and oxygen atoms in total. The second kappa shape index (κ2) is 4.65. The Morgan fingerprint density at radius 3 is 3.00 bits per heavy atom. The van der Waals surface area contributed by atoms with E-state index in [1.54, 1.807) is 0 Å². The highest BCUT2D eigenvalue weighted by atomic mass is 15.0. The zero-order valence-corrected chi connectivity index (χ0v) is 9.66. The molecule has 1 aliphatic carbocycles. The predicted molar refractivity (Wildman–Crippen MR) is 64.0 cm³/mol. The van der Waals surface area contributed by atoms with Crippen LogP contribution in [0.15, 0.2) is 18.3 Å². The van der Waals surface area contributed by atoms with Crippen LogP contribution in [0.4, 0.5) is 5.82 Å². The minimum atomic E-state index is 0.840. The molecule has 1 aromatic heterocycles. The van der Waals surface area contributed by atoms with Gasteiger partial charge >= 0.3 is 0 Å². The number of nitrogens with one attached hydrogen (secondary N) is 1. The van der Waals surface area contributed by atoms with Crippen LogP contribution in [0.2, 0.25) is 0 Å². The standard InChI is InChI=1S/C13H20N2/c1-10-6-7-14-13(8-10)15-9-12-5-3-4-11(12)2/h6-8,11-12H,3-5,9H2,1-2H3,(H,14,15). The molecule has 0 saturated heterocycles. The summed E-state index contributed by atoms with van der Waals surface area (Å²) in [5.74, 6) is 2.74. The number of rotatable bonds is 3. The topological polar surface area (TPSA) is 24.9 Å². The van der Waals surface area contributed by atoms with Crippen LogP contribution in [-0.4, -0.2) is 11.5 Å². The maximum absolute atomic E-state index is 4.31. The first-order valence-electron chi connectivity index (χ1n) is 5.92. The highest BCUT2D eigenvalue weighted by molar-refractivity contribution is 5.36. The summed E-state index contributed by atoms with van der Waals surface area (Å²) >= 11 is 0. The number of anilines is 1. The van der Waals surface area contributed by atoms with E-state index >= 15 is 0 Å². The van der Waals surface area contributed by atoms with E-state index in [1.807, 2.05) is 12.3 Å². The fraction of sp³-hybridized carbons (Fsp3) is 0.615. The maximum Gasteiger partial charge on any atom is 0.126 e. The lowest BCUT2D eigenvalue weighted by atomic mass is 9.98. The van der Waals surface area contributed by atoms with Crippen LogP contribution < -0.4 is 5.32 Å². The molecule has 0 radical (unpaired) electrons. The molecule has 1 aromatic rings. The summed E-state index contributed by atoms with van der Waals surface area (Å²) in [4.78, 5) is 4.31. The highest BCUT2D eigenvalue weighted by Gasteiger charge is 2.22. The molecular formula is C13H20N2. The highest BCUT2D eigenvalue weighted by Crippen LogP contribution is 2.31. The van der Waals surface area contributed by atoms with Crippen LogP contribution in [0.3, 0.4) is 0 Å². The van der Waals surface area contributed by atoms with E-state index in [0.717, 1.165) is 24.2 Å². The molecule has 1 N–H and O–H groups in total. The fourth-order valence-corrected chi connectivity index (χ4v) is 2.39. The molecule has 0 aliphatic heterocycles. The van der Waals surface area contributed by atoms with Crippen LogP contribution in [0.1, 0.15) is 31.7 Å². The van der Waals surface area contributed by atoms with Crippen molar-refractivity contribution in [3.8, 4) is 0 Å². The Labute approximate surface area is 92.1 Å². The number of hydrogen-bond acceptors (Lipinski definition) is 2. The van der Waals surface area contributed by atoms with E-state index in [9.17, 15) is 0 Å². The lowest BCUT2D eigenvalue weighted by Crippen LogP contribution is -2.16. The molecule has 0 bridgehead atoms. The lowest BCUT2D eigenvalue weighted by Gasteiger charge is -2.16. The summed E-state index contributed by atoms with van der Waals surface area (Å²) in [6, 6.07) is 4.14. The minimum Gasteiger partial charge on any atom is -0.370 e. The van der Waals surface area contributed by atoms with Gasteiger partial charge in [-0.25, -0.2) is 4.98 Å². The van der Waals surface area contributed by atoms with Gasteiger partial charge in [-0.1, -0.05) is 19.8 Å². The van der Waals surface area contributed by atoms with Gasteiger partial charge in [-0.3, -0.25) is 0 Å². The molecule has 1 fully saturated rings. The minimum absolute atomic E-state index is 0.840. The summed E-state index contributed by atoms with van der Waals surface area (Å²) in [6.07, 6.45) is 6.04. The summed E-state index contributed by atoms with van der Waals surface area (Å²) < 4.78 is 0. The van der Waals surface area contributed by atoms with Crippen molar-refractivity contribution >= 4 is 5.82 Å². The molecule has 1 heterocycles. The van der Waals surface area contributed by atoms with Crippen LogP contribution in [0, 0.1) is 18.8 Å². The first-order valence-corrected chi connectivity index (χ1v) is 5.92.